The molecule has 1 saturated heterocycles. The topological polar surface area (TPSA) is 3.24 Å². The van der Waals surface area contributed by atoms with Crippen LogP contribution in [0.25, 0.3) is 0 Å². The first-order chi connectivity index (χ1) is 6.36. The van der Waals surface area contributed by atoms with Crippen LogP contribution < -0.4 is 0 Å². The molecule has 0 radical (unpaired) electrons. The molecular formula is C11H22FN. The average Bonchev–Trinajstić information content (AvgIpc) is 2.17. The summed E-state index contributed by atoms with van der Waals surface area (Å²) in [4.78, 5) is 2.25. The van der Waals surface area contributed by atoms with Gasteiger partial charge in [0.1, 0.15) is 6.67 Å². The van der Waals surface area contributed by atoms with Crippen molar-refractivity contribution in [2.24, 2.45) is 5.92 Å². The van der Waals surface area contributed by atoms with E-state index in [-0.39, 0.29) is 6.67 Å². The molecule has 0 aromatic rings. The van der Waals surface area contributed by atoms with E-state index in [4.69, 9.17) is 0 Å². The molecule has 13 heavy (non-hydrogen) atoms. The lowest BCUT2D eigenvalue weighted by Gasteiger charge is -2.31. The van der Waals surface area contributed by atoms with E-state index in [0.717, 1.165) is 19.0 Å². The lowest BCUT2D eigenvalue weighted by molar-refractivity contribution is 0.167. The molecular weight excluding hydrogens is 165 g/mol. The van der Waals surface area contributed by atoms with E-state index in [0.29, 0.717) is 6.54 Å². The lowest BCUT2D eigenvalue weighted by Crippen LogP contribution is -2.35. The van der Waals surface area contributed by atoms with Crippen molar-refractivity contribution < 1.29 is 4.39 Å². The van der Waals surface area contributed by atoms with Gasteiger partial charge in [0.15, 0.2) is 0 Å². The summed E-state index contributed by atoms with van der Waals surface area (Å²) in [6.45, 7) is 4.97. The number of alkyl halides is 1. The van der Waals surface area contributed by atoms with Gasteiger partial charge in [-0.2, -0.15) is 0 Å². The van der Waals surface area contributed by atoms with Crippen molar-refractivity contribution in [3.63, 3.8) is 0 Å². The highest BCUT2D eigenvalue weighted by atomic mass is 19.1. The molecule has 1 aliphatic rings. The van der Waals surface area contributed by atoms with E-state index < -0.39 is 0 Å². The van der Waals surface area contributed by atoms with Gasteiger partial charge >= 0.3 is 0 Å². The molecule has 1 rings (SSSR count). The van der Waals surface area contributed by atoms with Crippen molar-refractivity contribution >= 4 is 0 Å². The molecule has 0 aliphatic carbocycles. The Kier molecular flexibility index (Phi) is 5.37. The minimum Gasteiger partial charge on any atom is -0.301 e. The van der Waals surface area contributed by atoms with Crippen LogP contribution in [0.15, 0.2) is 0 Å². The molecule has 0 amide bonds. The normalized spacial score (nSPS) is 20.8. The number of piperidine rings is 1. The average molecular weight is 187 g/mol. The predicted molar refractivity (Wildman–Crippen MR) is 54.7 cm³/mol. The summed E-state index contributed by atoms with van der Waals surface area (Å²) < 4.78 is 12.0. The molecule has 1 heterocycles. The summed E-state index contributed by atoms with van der Waals surface area (Å²) in [7, 11) is 0. The van der Waals surface area contributed by atoms with Crippen LogP contribution in [0.2, 0.25) is 0 Å². The van der Waals surface area contributed by atoms with Crippen LogP contribution >= 0.6 is 0 Å². The lowest BCUT2D eigenvalue weighted by atomic mass is 9.92. The summed E-state index contributed by atoms with van der Waals surface area (Å²) in [5.41, 5.74) is 0. The van der Waals surface area contributed by atoms with E-state index in [1.165, 1.54) is 32.1 Å². The second-order valence-corrected chi connectivity index (χ2v) is 4.12. The second kappa shape index (κ2) is 6.36. The summed E-state index contributed by atoms with van der Waals surface area (Å²) in [5, 5.41) is 0. The molecule has 0 spiro atoms. The number of unbranched alkanes of at least 4 members (excludes halogenated alkanes) is 1. The third kappa shape index (κ3) is 4.08. The number of rotatable bonds is 5. The molecule has 0 saturated carbocycles. The van der Waals surface area contributed by atoms with E-state index >= 15 is 0 Å². The fourth-order valence-corrected chi connectivity index (χ4v) is 2.11. The third-order valence-electron chi connectivity index (χ3n) is 3.07. The Morgan fingerprint density at radius 2 is 2.00 bits per heavy atom. The van der Waals surface area contributed by atoms with Gasteiger partial charge in [-0.15, -0.1) is 0 Å². The molecule has 1 nitrogen and oxygen atoms in total. The van der Waals surface area contributed by atoms with Gasteiger partial charge in [-0.25, -0.2) is 4.39 Å². The maximum absolute atomic E-state index is 12.0. The molecule has 2 heteroatoms. The minimum atomic E-state index is -0.181. The highest BCUT2D eigenvalue weighted by Crippen LogP contribution is 2.22. The van der Waals surface area contributed by atoms with E-state index in [1.54, 1.807) is 0 Å². The van der Waals surface area contributed by atoms with E-state index in [2.05, 4.69) is 11.8 Å². The van der Waals surface area contributed by atoms with Crippen molar-refractivity contribution in [2.45, 2.75) is 39.0 Å². The van der Waals surface area contributed by atoms with Crippen LogP contribution in [0, 0.1) is 5.92 Å². The number of hydrogen-bond acceptors (Lipinski definition) is 1. The molecule has 1 fully saturated rings. The van der Waals surface area contributed by atoms with E-state index in [1.807, 2.05) is 0 Å². The second-order valence-electron chi connectivity index (χ2n) is 4.12. The molecule has 78 valence electrons. The zero-order chi connectivity index (χ0) is 9.52. The van der Waals surface area contributed by atoms with Gasteiger partial charge in [-0.05, 0) is 31.8 Å². The standard InChI is InChI=1S/C11H22FN/c1-2-3-4-11-5-8-13(9-6-11)10-7-12/h11H,2-10H2,1H3. The summed E-state index contributed by atoms with van der Waals surface area (Å²) in [6.07, 6.45) is 6.65. The Bertz CT molecular complexity index is 119. The fraction of sp³-hybridized carbons (Fsp3) is 1.00. The molecule has 0 unspecified atom stereocenters. The van der Waals surface area contributed by atoms with Gasteiger partial charge in [0.25, 0.3) is 0 Å². The summed E-state index contributed by atoms with van der Waals surface area (Å²) in [5.74, 6) is 0.927. The number of hydrogen-bond donors (Lipinski definition) is 0. The highest BCUT2D eigenvalue weighted by Gasteiger charge is 2.17. The van der Waals surface area contributed by atoms with Crippen LogP contribution in [0.5, 0.6) is 0 Å². The Morgan fingerprint density at radius 3 is 2.54 bits per heavy atom. The van der Waals surface area contributed by atoms with Crippen LogP contribution in [-0.2, 0) is 0 Å². The minimum absolute atomic E-state index is 0.181. The number of likely N-dealkylation sites (tertiary alicyclic amines) is 1. The number of halogens is 1. The third-order valence-corrected chi connectivity index (χ3v) is 3.07. The van der Waals surface area contributed by atoms with Gasteiger partial charge in [0, 0.05) is 6.54 Å². The maximum atomic E-state index is 12.0. The monoisotopic (exact) mass is 187 g/mol. The Labute approximate surface area is 81.3 Å². The van der Waals surface area contributed by atoms with Crippen LogP contribution in [-0.4, -0.2) is 31.2 Å². The van der Waals surface area contributed by atoms with Gasteiger partial charge in [-0.1, -0.05) is 26.2 Å². The first-order valence-electron chi connectivity index (χ1n) is 5.65. The van der Waals surface area contributed by atoms with Crippen molar-refractivity contribution in [3.8, 4) is 0 Å². The molecule has 1 aliphatic heterocycles. The van der Waals surface area contributed by atoms with E-state index in [9.17, 15) is 4.39 Å². The van der Waals surface area contributed by atoms with Crippen molar-refractivity contribution in [3.05, 3.63) is 0 Å². The highest BCUT2D eigenvalue weighted by molar-refractivity contribution is 4.71. The predicted octanol–water partition coefficient (Wildman–Crippen LogP) is 2.86. The fourth-order valence-electron chi connectivity index (χ4n) is 2.11. The first kappa shape index (κ1) is 11.0. The summed E-state index contributed by atoms with van der Waals surface area (Å²) in [6, 6.07) is 0. The van der Waals surface area contributed by atoms with Crippen molar-refractivity contribution in [1.29, 1.82) is 0 Å². The summed E-state index contributed by atoms with van der Waals surface area (Å²) >= 11 is 0. The molecule has 0 aromatic heterocycles. The van der Waals surface area contributed by atoms with Crippen LogP contribution in [0.4, 0.5) is 4.39 Å². The van der Waals surface area contributed by atoms with Crippen molar-refractivity contribution in [1.82, 2.24) is 4.90 Å². The van der Waals surface area contributed by atoms with Crippen molar-refractivity contribution in [2.75, 3.05) is 26.3 Å². The molecule has 0 aromatic carbocycles. The van der Waals surface area contributed by atoms with Crippen LogP contribution in [0.3, 0.4) is 0 Å². The Hall–Kier alpha value is -0.110. The SMILES string of the molecule is CCCCC1CCN(CCF)CC1. The Morgan fingerprint density at radius 1 is 1.31 bits per heavy atom. The van der Waals surface area contributed by atoms with Gasteiger partial charge in [0.05, 0.1) is 0 Å². The van der Waals surface area contributed by atoms with Gasteiger partial charge in [0.2, 0.25) is 0 Å². The molecule has 0 bridgehead atoms. The zero-order valence-corrected chi connectivity index (χ0v) is 8.77. The first-order valence-corrected chi connectivity index (χ1v) is 5.65. The van der Waals surface area contributed by atoms with Crippen LogP contribution in [0.1, 0.15) is 39.0 Å². The van der Waals surface area contributed by atoms with Gasteiger partial charge in [-0.3, -0.25) is 0 Å². The largest absolute Gasteiger partial charge is 0.301 e. The zero-order valence-electron chi connectivity index (χ0n) is 8.77. The maximum Gasteiger partial charge on any atom is 0.102 e. The smallest absolute Gasteiger partial charge is 0.102 e. The molecule has 0 atom stereocenters. The quantitative estimate of drug-likeness (QED) is 0.639. The Balaban J connectivity index is 2.08. The number of nitrogens with zero attached hydrogens (tertiary/aromatic N) is 1. The van der Waals surface area contributed by atoms with Gasteiger partial charge < -0.3 is 4.90 Å². The molecule has 0 N–H and O–H groups in total.